The van der Waals surface area contributed by atoms with E-state index in [1.54, 1.807) is 0 Å². The van der Waals surface area contributed by atoms with Crippen LogP contribution in [0, 0.1) is 0 Å². The summed E-state index contributed by atoms with van der Waals surface area (Å²) in [5, 5.41) is 5.15. The highest BCUT2D eigenvalue weighted by atomic mass is 15.9. The predicted molar refractivity (Wildman–Crippen MR) is 60.1 cm³/mol. The first kappa shape index (κ1) is 13.8. The van der Waals surface area contributed by atoms with Gasteiger partial charge < -0.3 is 5.32 Å². The maximum atomic E-state index is 3.23. The molecule has 0 aromatic heterocycles. The molecule has 0 saturated heterocycles. The molecule has 0 spiro atoms. The van der Waals surface area contributed by atoms with Gasteiger partial charge in [0.15, 0.2) is 0 Å². The largest absolute Gasteiger partial charge is 0.300 e. The molecule has 5 heteroatoms. The van der Waals surface area contributed by atoms with Gasteiger partial charge in [0.25, 0.3) is 0 Å². The van der Waals surface area contributed by atoms with Gasteiger partial charge in [0.1, 0.15) is 0 Å². The number of nitrogens with zero attached hydrogens (tertiary/aromatic N) is 1. The van der Waals surface area contributed by atoms with Gasteiger partial charge in [-0.1, -0.05) is 13.8 Å². The molecule has 0 aliphatic heterocycles. The van der Waals surface area contributed by atoms with Crippen molar-refractivity contribution in [3.05, 3.63) is 0 Å². The maximum Gasteiger partial charge on any atom is 0.0955 e. The van der Waals surface area contributed by atoms with E-state index in [1.165, 1.54) is 0 Å². The highest BCUT2D eigenvalue weighted by molar-refractivity contribution is 4.70. The molecule has 0 aromatic carbocycles. The van der Waals surface area contributed by atoms with E-state index in [0.717, 1.165) is 19.5 Å². The Kier molecular flexibility index (Phi) is 7.04. The molecule has 0 bridgehead atoms. The quantitative estimate of drug-likeness (QED) is 0.258. The first-order valence-electron chi connectivity index (χ1n) is 5.29. The van der Waals surface area contributed by atoms with Gasteiger partial charge in [0.05, 0.1) is 5.66 Å². The Hall–Kier alpha value is -0.200. The Labute approximate surface area is 87.5 Å². The van der Waals surface area contributed by atoms with Crippen molar-refractivity contribution in [2.24, 2.45) is 0 Å². The highest BCUT2D eigenvalue weighted by Gasteiger charge is 2.23. The Morgan fingerprint density at radius 3 is 2.29 bits per heavy atom. The van der Waals surface area contributed by atoms with Crippen LogP contribution in [-0.4, -0.2) is 30.9 Å². The molecule has 86 valence electrons. The van der Waals surface area contributed by atoms with E-state index in [1.807, 2.05) is 12.2 Å². The molecule has 14 heavy (non-hydrogen) atoms. The van der Waals surface area contributed by atoms with Crippen LogP contribution >= 0.6 is 0 Å². The molecule has 0 radical (unpaired) electrons. The molecule has 0 atom stereocenters. The van der Waals surface area contributed by atoms with Crippen LogP contribution in [0.15, 0.2) is 0 Å². The lowest BCUT2D eigenvalue weighted by atomic mass is 10.2. The van der Waals surface area contributed by atoms with Crippen LogP contribution in [0.3, 0.4) is 0 Å². The fourth-order valence-corrected chi connectivity index (χ4v) is 0.907. The second-order valence-corrected chi connectivity index (χ2v) is 3.69. The van der Waals surface area contributed by atoms with Crippen molar-refractivity contribution >= 4 is 0 Å². The number of nitrogens with one attached hydrogen (secondary N) is 4. The van der Waals surface area contributed by atoms with E-state index in [2.05, 4.69) is 49.4 Å². The van der Waals surface area contributed by atoms with Gasteiger partial charge >= 0.3 is 0 Å². The van der Waals surface area contributed by atoms with Gasteiger partial charge in [-0.05, 0) is 27.3 Å². The molecule has 5 nitrogen and oxygen atoms in total. The van der Waals surface area contributed by atoms with E-state index in [9.17, 15) is 0 Å². The normalized spacial score (nSPS) is 12.4. The topological polar surface area (TPSA) is 51.4 Å². The summed E-state index contributed by atoms with van der Waals surface area (Å²) in [5.74, 6) is 0. The van der Waals surface area contributed by atoms with Gasteiger partial charge in [-0.3, -0.25) is 0 Å². The van der Waals surface area contributed by atoms with Gasteiger partial charge in [-0.25, -0.2) is 10.9 Å². The van der Waals surface area contributed by atoms with Gasteiger partial charge in [0.2, 0.25) is 0 Å². The fraction of sp³-hybridized carbons (Fsp3) is 1.00. The molecule has 0 aromatic rings. The first-order chi connectivity index (χ1) is 6.58. The van der Waals surface area contributed by atoms with Crippen molar-refractivity contribution in [1.29, 1.82) is 0 Å². The monoisotopic (exact) mass is 203 g/mol. The molecule has 0 heterocycles. The van der Waals surface area contributed by atoms with Crippen LogP contribution in [0.4, 0.5) is 0 Å². The SMILES string of the molecule is CCCNNN(NCC)C(C)(C)NC. The lowest BCUT2D eigenvalue weighted by molar-refractivity contribution is -0.0293. The average molecular weight is 203 g/mol. The minimum Gasteiger partial charge on any atom is -0.300 e. The van der Waals surface area contributed by atoms with E-state index in [4.69, 9.17) is 0 Å². The lowest BCUT2D eigenvalue weighted by Crippen LogP contribution is -2.67. The zero-order valence-corrected chi connectivity index (χ0v) is 10.1. The molecular formula is C9H25N5. The zero-order valence-electron chi connectivity index (χ0n) is 10.1. The molecule has 0 saturated carbocycles. The second kappa shape index (κ2) is 7.14. The van der Waals surface area contributed by atoms with Gasteiger partial charge in [0, 0.05) is 13.1 Å². The summed E-state index contributed by atoms with van der Waals surface area (Å²) in [6.07, 6.45) is 1.10. The standard InChI is InChI=1S/C9H25N5/c1-6-8-11-13-14(12-7-2)9(3,4)10-5/h10-13H,6-8H2,1-5H3. The summed E-state index contributed by atoms with van der Waals surface area (Å²) in [6, 6.07) is 0. The van der Waals surface area contributed by atoms with Crippen molar-refractivity contribution in [3.8, 4) is 0 Å². The van der Waals surface area contributed by atoms with Crippen LogP contribution in [-0.2, 0) is 0 Å². The van der Waals surface area contributed by atoms with Crippen molar-refractivity contribution in [1.82, 2.24) is 26.8 Å². The third-order valence-corrected chi connectivity index (χ3v) is 2.05. The summed E-state index contributed by atoms with van der Waals surface area (Å²) in [5.41, 5.74) is 9.34. The van der Waals surface area contributed by atoms with E-state index in [0.29, 0.717) is 0 Å². The molecule has 4 N–H and O–H groups in total. The van der Waals surface area contributed by atoms with Crippen molar-refractivity contribution in [3.63, 3.8) is 0 Å². The highest BCUT2D eigenvalue weighted by Crippen LogP contribution is 2.02. The van der Waals surface area contributed by atoms with Crippen LogP contribution < -0.4 is 21.7 Å². The van der Waals surface area contributed by atoms with Gasteiger partial charge in [-0.15, -0.1) is 5.12 Å². The van der Waals surface area contributed by atoms with Crippen molar-refractivity contribution in [2.75, 3.05) is 20.1 Å². The van der Waals surface area contributed by atoms with Crippen LogP contribution in [0.25, 0.3) is 0 Å². The molecule has 0 aliphatic carbocycles. The molecular weight excluding hydrogens is 178 g/mol. The van der Waals surface area contributed by atoms with Crippen LogP contribution in [0.1, 0.15) is 34.1 Å². The summed E-state index contributed by atoms with van der Waals surface area (Å²) < 4.78 is 0. The number of hydrogen-bond acceptors (Lipinski definition) is 5. The minimum absolute atomic E-state index is 0.142. The molecule has 0 rings (SSSR count). The Bertz CT molecular complexity index is 137. The molecule has 0 fully saturated rings. The predicted octanol–water partition coefficient (Wildman–Crippen LogP) is 0.188. The summed E-state index contributed by atoms with van der Waals surface area (Å²) in [4.78, 5) is 0. The molecule has 0 unspecified atom stereocenters. The Morgan fingerprint density at radius 2 is 1.86 bits per heavy atom. The lowest BCUT2D eigenvalue weighted by Gasteiger charge is -2.38. The van der Waals surface area contributed by atoms with E-state index in [-0.39, 0.29) is 5.66 Å². The smallest absolute Gasteiger partial charge is 0.0955 e. The third-order valence-electron chi connectivity index (χ3n) is 2.05. The third kappa shape index (κ3) is 4.88. The summed E-state index contributed by atoms with van der Waals surface area (Å²) in [6.45, 7) is 10.2. The second-order valence-electron chi connectivity index (χ2n) is 3.69. The fourth-order valence-electron chi connectivity index (χ4n) is 0.907. The van der Waals surface area contributed by atoms with Crippen molar-refractivity contribution in [2.45, 2.75) is 39.8 Å². The van der Waals surface area contributed by atoms with E-state index < -0.39 is 0 Å². The number of rotatable bonds is 8. The molecule has 0 aliphatic rings. The maximum absolute atomic E-state index is 3.23. The summed E-state index contributed by atoms with van der Waals surface area (Å²) >= 11 is 0. The summed E-state index contributed by atoms with van der Waals surface area (Å²) in [7, 11) is 1.94. The first-order valence-corrected chi connectivity index (χ1v) is 5.29. The Balaban J connectivity index is 4.00. The van der Waals surface area contributed by atoms with Crippen molar-refractivity contribution < 1.29 is 0 Å². The van der Waals surface area contributed by atoms with Crippen LogP contribution in [0.5, 0.6) is 0 Å². The van der Waals surface area contributed by atoms with E-state index >= 15 is 0 Å². The zero-order chi connectivity index (χ0) is 11.0. The molecule has 0 amide bonds. The Morgan fingerprint density at radius 1 is 1.21 bits per heavy atom. The van der Waals surface area contributed by atoms with Crippen LogP contribution in [0.2, 0.25) is 0 Å². The van der Waals surface area contributed by atoms with Gasteiger partial charge in [-0.2, -0.15) is 5.53 Å². The number of hydrogen-bond donors (Lipinski definition) is 4. The minimum atomic E-state index is -0.142. The average Bonchev–Trinajstić information content (AvgIpc) is 2.17. The number of hydrazine groups is 3.